The molecule has 0 atom stereocenters. The normalized spacial score (nSPS) is 11.0. The van der Waals surface area contributed by atoms with Crippen molar-refractivity contribution in [2.45, 2.75) is 5.16 Å². The van der Waals surface area contributed by atoms with Crippen molar-refractivity contribution in [3.63, 3.8) is 0 Å². The minimum absolute atomic E-state index is 0.523. The second-order valence-electron chi connectivity index (χ2n) is 2.67. The number of hydrogen-bond donors (Lipinski definition) is 0. The summed E-state index contributed by atoms with van der Waals surface area (Å²) >= 11 is 7.47. The minimum Gasteiger partial charge on any atom is -0.335 e. The van der Waals surface area contributed by atoms with E-state index >= 15 is 0 Å². The highest BCUT2D eigenvalue weighted by Gasteiger charge is 2.07. The van der Waals surface area contributed by atoms with Crippen LogP contribution in [0, 0.1) is 0 Å². The van der Waals surface area contributed by atoms with Crippen LogP contribution in [0.1, 0.15) is 0 Å². The highest BCUT2D eigenvalue weighted by molar-refractivity contribution is 7.98. The van der Waals surface area contributed by atoms with Crippen LogP contribution in [0.5, 0.6) is 0 Å². The summed E-state index contributed by atoms with van der Waals surface area (Å²) in [6, 6.07) is 1.92. The average molecular weight is 214 g/mol. The lowest BCUT2D eigenvalue weighted by molar-refractivity contribution is 0.908. The molecule has 2 heterocycles. The first kappa shape index (κ1) is 8.84. The van der Waals surface area contributed by atoms with Crippen molar-refractivity contribution >= 4 is 34.4 Å². The van der Waals surface area contributed by atoms with Crippen molar-refractivity contribution in [3.05, 3.63) is 17.4 Å². The van der Waals surface area contributed by atoms with Crippen molar-refractivity contribution in [2.24, 2.45) is 7.05 Å². The van der Waals surface area contributed by atoms with Gasteiger partial charge in [0.05, 0.1) is 5.39 Å². The summed E-state index contributed by atoms with van der Waals surface area (Å²) in [7, 11) is 1.94. The molecule has 0 amide bonds. The molecule has 2 aromatic rings. The molecule has 2 aromatic heterocycles. The molecule has 0 aliphatic heterocycles. The molecule has 0 bridgehead atoms. The fraction of sp³-hybridized carbons (Fsp3) is 0.250. The molecule has 5 heteroatoms. The molecule has 0 radical (unpaired) electrons. The molecule has 0 aliphatic carbocycles. The fourth-order valence-corrected chi connectivity index (χ4v) is 1.81. The van der Waals surface area contributed by atoms with Gasteiger partial charge in [-0.25, -0.2) is 9.97 Å². The van der Waals surface area contributed by atoms with E-state index in [4.69, 9.17) is 11.6 Å². The van der Waals surface area contributed by atoms with E-state index in [-0.39, 0.29) is 0 Å². The lowest BCUT2D eigenvalue weighted by Gasteiger charge is -1.99. The van der Waals surface area contributed by atoms with Gasteiger partial charge in [0.2, 0.25) is 0 Å². The predicted molar refractivity (Wildman–Crippen MR) is 55.3 cm³/mol. The molecule has 3 nitrogen and oxygen atoms in total. The van der Waals surface area contributed by atoms with E-state index in [1.54, 1.807) is 0 Å². The Morgan fingerprint density at radius 1 is 1.46 bits per heavy atom. The molecule has 0 saturated heterocycles. The van der Waals surface area contributed by atoms with Crippen molar-refractivity contribution in [2.75, 3.05) is 6.26 Å². The lowest BCUT2D eigenvalue weighted by Crippen LogP contribution is -1.92. The monoisotopic (exact) mass is 213 g/mol. The van der Waals surface area contributed by atoms with Gasteiger partial charge >= 0.3 is 0 Å². The number of nitrogens with zero attached hydrogens (tertiary/aromatic N) is 3. The molecule has 0 N–H and O–H groups in total. The number of hydrogen-bond acceptors (Lipinski definition) is 3. The third-order valence-corrected chi connectivity index (χ3v) is 2.68. The van der Waals surface area contributed by atoms with E-state index in [2.05, 4.69) is 9.97 Å². The quantitative estimate of drug-likeness (QED) is 0.414. The van der Waals surface area contributed by atoms with Gasteiger partial charge in [-0.1, -0.05) is 23.4 Å². The summed E-state index contributed by atoms with van der Waals surface area (Å²) < 4.78 is 1.93. The van der Waals surface area contributed by atoms with Crippen LogP contribution >= 0.6 is 23.4 Å². The highest BCUT2D eigenvalue weighted by atomic mass is 35.5. The number of halogens is 1. The highest BCUT2D eigenvalue weighted by Crippen LogP contribution is 2.23. The van der Waals surface area contributed by atoms with Crippen LogP contribution in [-0.4, -0.2) is 20.8 Å². The third-order valence-electron chi connectivity index (χ3n) is 1.84. The largest absolute Gasteiger partial charge is 0.335 e. The van der Waals surface area contributed by atoms with Gasteiger partial charge in [-0.2, -0.15) is 0 Å². The Morgan fingerprint density at radius 3 is 2.92 bits per heavy atom. The van der Waals surface area contributed by atoms with E-state index in [0.717, 1.165) is 11.0 Å². The zero-order chi connectivity index (χ0) is 9.42. The van der Waals surface area contributed by atoms with E-state index in [1.165, 1.54) is 11.8 Å². The van der Waals surface area contributed by atoms with Crippen LogP contribution < -0.4 is 0 Å². The molecule has 68 valence electrons. The van der Waals surface area contributed by atoms with Crippen molar-refractivity contribution in [1.82, 2.24) is 14.5 Å². The first-order chi connectivity index (χ1) is 6.22. The maximum atomic E-state index is 5.98. The standard InChI is InChI=1S/C8H8ClN3S/c1-12-4-3-5-6(9)10-8(13-2)11-7(5)12/h3-4H,1-2H3. The fourth-order valence-electron chi connectivity index (χ4n) is 1.17. The second-order valence-corrected chi connectivity index (χ2v) is 3.80. The van der Waals surface area contributed by atoms with E-state index in [0.29, 0.717) is 10.3 Å². The van der Waals surface area contributed by atoms with Gasteiger partial charge in [-0.15, -0.1) is 0 Å². The number of thioether (sulfide) groups is 1. The van der Waals surface area contributed by atoms with Crippen LogP contribution in [-0.2, 0) is 7.05 Å². The van der Waals surface area contributed by atoms with Crippen molar-refractivity contribution < 1.29 is 0 Å². The number of aryl methyl sites for hydroxylation is 1. The molecule has 2 rings (SSSR count). The Kier molecular flexibility index (Phi) is 2.17. The molecule has 0 fully saturated rings. The van der Waals surface area contributed by atoms with Gasteiger partial charge in [-0.3, -0.25) is 0 Å². The van der Waals surface area contributed by atoms with Crippen molar-refractivity contribution in [1.29, 1.82) is 0 Å². The lowest BCUT2D eigenvalue weighted by atomic mass is 10.4. The van der Waals surface area contributed by atoms with Gasteiger partial charge < -0.3 is 4.57 Å². The Morgan fingerprint density at radius 2 is 2.23 bits per heavy atom. The van der Waals surface area contributed by atoms with Gasteiger partial charge in [0.1, 0.15) is 10.8 Å². The first-order valence-corrected chi connectivity index (χ1v) is 5.35. The van der Waals surface area contributed by atoms with Crippen LogP contribution in [0.15, 0.2) is 17.4 Å². The second kappa shape index (κ2) is 3.20. The summed E-state index contributed by atoms with van der Waals surface area (Å²) in [6.07, 6.45) is 3.86. The molecule has 0 saturated carbocycles. The summed E-state index contributed by atoms with van der Waals surface area (Å²) in [5.41, 5.74) is 0.879. The van der Waals surface area contributed by atoms with E-state index in [9.17, 15) is 0 Å². The molecule has 0 spiro atoms. The van der Waals surface area contributed by atoms with Crippen molar-refractivity contribution in [3.8, 4) is 0 Å². The van der Waals surface area contributed by atoms with Gasteiger partial charge in [0.15, 0.2) is 5.16 Å². The predicted octanol–water partition coefficient (Wildman–Crippen LogP) is 2.34. The van der Waals surface area contributed by atoms with E-state index in [1.807, 2.05) is 30.1 Å². The number of aromatic nitrogens is 3. The Balaban J connectivity index is 2.80. The Bertz CT molecular complexity index is 452. The van der Waals surface area contributed by atoms with Crippen LogP contribution in [0.25, 0.3) is 11.0 Å². The maximum Gasteiger partial charge on any atom is 0.190 e. The van der Waals surface area contributed by atoms with E-state index < -0.39 is 0 Å². The zero-order valence-corrected chi connectivity index (χ0v) is 8.85. The van der Waals surface area contributed by atoms with Crippen LogP contribution in [0.2, 0.25) is 5.15 Å². The topological polar surface area (TPSA) is 30.7 Å². The summed E-state index contributed by atoms with van der Waals surface area (Å²) in [5, 5.41) is 2.14. The summed E-state index contributed by atoms with van der Waals surface area (Å²) in [5.74, 6) is 0. The maximum absolute atomic E-state index is 5.98. The average Bonchev–Trinajstić information content (AvgIpc) is 2.48. The van der Waals surface area contributed by atoms with Crippen LogP contribution in [0.3, 0.4) is 0 Å². The number of fused-ring (bicyclic) bond motifs is 1. The summed E-state index contributed by atoms with van der Waals surface area (Å²) in [4.78, 5) is 8.48. The molecule has 0 aliphatic rings. The van der Waals surface area contributed by atoms with Gasteiger partial charge in [0, 0.05) is 13.2 Å². The molecule has 13 heavy (non-hydrogen) atoms. The molecule has 0 aromatic carbocycles. The third kappa shape index (κ3) is 1.40. The SMILES string of the molecule is CSc1nc(Cl)c2ccn(C)c2n1. The molecule has 0 unspecified atom stereocenters. The van der Waals surface area contributed by atoms with Crippen LogP contribution in [0.4, 0.5) is 0 Å². The summed E-state index contributed by atoms with van der Waals surface area (Å²) in [6.45, 7) is 0. The van der Waals surface area contributed by atoms with Gasteiger partial charge in [-0.05, 0) is 12.3 Å². The smallest absolute Gasteiger partial charge is 0.190 e. The number of rotatable bonds is 1. The minimum atomic E-state index is 0.523. The zero-order valence-electron chi connectivity index (χ0n) is 7.28. The Hall–Kier alpha value is -0.740. The molecular weight excluding hydrogens is 206 g/mol. The van der Waals surface area contributed by atoms with Gasteiger partial charge in [0.25, 0.3) is 0 Å². The first-order valence-electron chi connectivity index (χ1n) is 3.75. The molecular formula is C8H8ClN3S. The Labute approximate surface area is 85.1 Å².